The van der Waals surface area contributed by atoms with Crippen LogP contribution in [0.3, 0.4) is 0 Å². The van der Waals surface area contributed by atoms with Crippen molar-refractivity contribution in [3.8, 4) is 6.07 Å². The van der Waals surface area contributed by atoms with Gasteiger partial charge in [-0.25, -0.2) is 4.79 Å². The van der Waals surface area contributed by atoms with Crippen LogP contribution in [0.25, 0.3) is 0 Å². The number of carbonyl (C=O) groups is 1. The molecule has 124 valence electrons. The van der Waals surface area contributed by atoms with Crippen molar-refractivity contribution in [3.63, 3.8) is 0 Å². The van der Waals surface area contributed by atoms with E-state index >= 15 is 0 Å². The summed E-state index contributed by atoms with van der Waals surface area (Å²) in [6, 6.07) is 17.6. The van der Waals surface area contributed by atoms with Crippen LogP contribution in [0.5, 0.6) is 0 Å². The van der Waals surface area contributed by atoms with Gasteiger partial charge in [0.2, 0.25) is 0 Å². The van der Waals surface area contributed by atoms with Crippen molar-refractivity contribution in [1.82, 2.24) is 5.32 Å². The summed E-state index contributed by atoms with van der Waals surface area (Å²) in [7, 11) is 0. The third-order valence-electron chi connectivity index (χ3n) is 3.43. The number of hydrogen-bond donors (Lipinski definition) is 3. The molecular formula is C18H18N2O4. The van der Waals surface area contributed by atoms with E-state index in [0.29, 0.717) is 5.56 Å². The summed E-state index contributed by atoms with van der Waals surface area (Å²) < 4.78 is 5.01. The minimum atomic E-state index is -1.28. The fourth-order valence-electron chi connectivity index (χ4n) is 2.14. The number of hydrogen-bond acceptors (Lipinski definition) is 5. The maximum absolute atomic E-state index is 11.6. The Morgan fingerprint density at radius 1 is 1.12 bits per heavy atom. The monoisotopic (exact) mass is 326 g/mol. The van der Waals surface area contributed by atoms with Crippen molar-refractivity contribution < 1.29 is 19.7 Å². The number of alkyl carbamates (subject to hydrolysis) is 1. The summed E-state index contributed by atoms with van der Waals surface area (Å²) >= 11 is 0. The molecule has 2 rings (SSSR count). The largest absolute Gasteiger partial charge is 0.445 e. The Hall–Kier alpha value is -2.88. The van der Waals surface area contributed by atoms with E-state index in [1.807, 2.05) is 36.4 Å². The normalized spacial score (nSPS) is 12.7. The molecule has 2 aromatic rings. The number of aliphatic hydroxyl groups is 2. The van der Waals surface area contributed by atoms with Gasteiger partial charge >= 0.3 is 6.09 Å². The van der Waals surface area contributed by atoms with Crippen LogP contribution in [0.1, 0.15) is 22.8 Å². The third-order valence-corrected chi connectivity index (χ3v) is 3.43. The van der Waals surface area contributed by atoms with Gasteiger partial charge in [0.05, 0.1) is 11.6 Å². The first kappa shape index (κ1) is 17.5. The van der Waals surface area contributed by atoms with Gasteiger partial charge in [0.1, 0.15) is 18.8 Å². The van der Waals surface area contributed by atoms with Gasteiger partial charge in [0.25, 0.3) is 0 Å². The fraction of sp³-hybridized carbons (Fsp3) is 0.222. The topological polar surface area (TPSA) is 103 Å². The Morgan fingerprint density at radius 3 is 2.50 bits per heavy atom. The highest BCUT2D eigenvalue weighted by Gasteiger charge is 2.21. The lowest BCUT2D eigenvalue weighted by atomic mass is 9.99. The first-order chi connectivity index (χ1) is 11.6. The number of nitrogens with zero attached hydrogens (tertiary/aromatic N) is 1. The lowest BCUT2D eigenvalue weighted by Crippen LogP contribution is -2.36. The van der Waals surface area contributed by atoms with Gasteiger partial charge in [-0.05, 0) is 11.6 Å². The minimum Gasteiger partial charge on any atom is -0.445 e. The highest BCUT2D eigenvalue weighted by atomic mass is 16.5. The number of amides is 1. The zero-order chi connectivity index (χ0) is 17.4. The number of benzene rings is 2. The van der Waals surface area contributed by atoms with E-state index in [9.17, 15) is 15.0 Å². The first-order valence-electron chi connectivity index (χ1n) is 7.41. The molecule has 0 spiro atoms. The third kappa shape index (κ3) is 4.81. The van der Waals surface area contributed by atoms with Crippen LogP contribution in [0.4, 0.5) is 4.79 Å². The second kappa shape index (κ2) is 8.67. The summed E-state index contributed by atoms with van der Waals surface area (Å²) in [6.45, 7) is -0.0862. The van der Waals surface area contributed by atoms with E-state index in [0.717, 1.165) is 5.56 Å². The lowest BCUT2D eigenvalue weighted by molar-refractivity contribution is 0.0182. The van der Waals surface area contributed by atoms with Gasteiger partial charge < -0.3 is 20.3 Å². The van der Waals surface area contributed by atoms with Crippen molar-refractivity contribution in [3.05, 3.63) is 71.3 Å². The number of carbonyl (C=O) groups excluding carboxylic acids is 1. The van der Waals surface area contributed by atoms with E-state index in [1.165, 1.54) is 0 Å². The molecule has 2 atom stereocenters. The molecule has 6 nitrogen and oxygen atoms in total. The number of aliphatic hydroxyl groups excluding tert-OH is 2. The van der Waals surface area contributed by atoms with E-state index in [-0.39, 0.29) is 18.7 Å². The Kier molecular flexibility index (Phi) is 6.32. The highest BCUT2D eigenvalue weighted by Crippen LogP contribution is 2.20. The molecule has 0 aliphatic carbocycles. The van der Waals surface area contributed by atoms with Crippen LogP contribution in [0.2, 0.25) is 0 Å². The van der Waals surface area contributed by atoms with Crippen molar-refractivity contribution in [2.24, 2.45) is 0 Å². The average molecular weight is 326 g/mol. The fourth-order valence-corrected chi connectivity index (χ4v) is 2.14. The summed E-state index contributed by atoms with van der Waals surface area (Å²) in [5, 5.41) is 31.5. The van der Waals surface area contributed by atoms with Crippen molar-refractivity contribution in [1.29, 1.82) is 5.26 Å². The van der Waals surface area contributed by atoms with Crippen LogP contribution in [0.15, 0.2) is 54.6 Å². The van der Waals surface area contributed by atoms with Gasteiger partial charge in [-0.2, -0.15) is 5.26 Å². The van der Waals surface area contributed by atoms with Gasteiger partial charge in [-0.15, -0.1) is 0 Å². The van der Waals surface area contributed by atoms with Crippen molar-refractivity contribution >= 4 is 6.09 Å². The van der Waals surface area contributed by atoms with Crippen molar-refractivity contribution in [2.75, 3.05) is 6.54 Å². The zero-order valence-electron chi connectivity index (χ0n) is 12.9. The molecule has 0 aromatic heterocycles. The average Bonchev–Trinajstić information content (AvgIpc) is 2.64. The molecule has 0 bridgehead atoms. The van der Waals surface area contributed by atoms with E-state index < -0.39 is 18.3 Å². The number of ether oxygens (including phenoxy) is 1. The predicted octanol–water partition coefficient (Wildman–Crippen LogP) is 1.88. The molecule has 0 saturated heterocycles. The van der Waals surface area contributed by atoms with E-state index in [2.05, 4.69) is 5.32 Å². The summed E-state index contributed by atoms with van der Waals surface area (Å²) in [5.74, 6) is 0. The molecule has 0 heterocycles. The second-order valence-electron chi connectivity index (χ2n) is 5.15. The standard InChI is InChI=1S/C18H18N2O4/c19-10-14-8-4-5-9-15(14)17(22)16(21)11-20-18(23)24-12-13-6-2-1-3-7-13/h1-9,16-17,21-22H,11-12H2,(H,20,23). The number of nitriles is 1. The molecule has 0 aliphatic rings. The van der Waals surface area contributed by atoms with E-state index in [1.54, 1.807) is 24.3 Å². The van der Waals surface area contributed by atoms with E-state index in [4.69, 9.17) is 10.00 Å². The molecule has 2 aromatic carbocycles. The molecule has 24 heavy (non-hydrogen) atoms. The smallest absolute Gasteiger partial charge is 0.407 e. The number of rotatable bonds is 6. The van der Waals surface area contributed by atoms with Gasteiger partial charge in [-0.1, -0.05) is 48.5 Å². The predicted molar refractivity (Wildman–Crippen MR) is 86.8 cm³/mol. The van der Waals surface area contributed by atoms with Gasteiger partial charge in [0.15, 0.2) is 0 Å². The molecule has 0 radical (unpaired) electrons. The SMILES string of the molecule is N#Cc1ccccc1C(O)C(O)CNC(=O)OCc1ccccc1. The van der Waals surface area contributed by atoms with Crippen LogP contribution < -0.4 is 5.32 Å². The summed E-state index contributed by atoms with van der Waals surface area (Å²) in [4.78, 5) is 11.6. The summed E-state index contributed by atoms with van der Waals surface area (Å²) in [5.41, 5.74) is 1.43. The Balaban J connectivity index is 1.82. The van der Waals surface area contributed by atoms with Crippen molar-refractivity contribution in [2.45, 2.75) is 18.8 Å². The number of nitrogens with one attached hydrogen (secondary N) is 1. The maximum Gasteiger partial charge on any atom is 0.407 e. The molecule has 3 N–H and O–H groups in total. The summed E-state index contributed by atoms with van der Waals surface area (Å²) in [6.07, 6.45) is -3.24. The van der Waals surface area contributed by atoms with Crippen LogP contribution >= 0.6 is 0 Å². The van der Waals surface area contributed by atoms with Gasteiger partial charge in [-0.3, -0.25) is 0 Å². The first-order valence-corrected chi connectivity index (χ1v) is 7.41. The molecule has 0 fully saturated rings. The minimum absolute atomic E-state index is 0.114. The Labute approximate surface area is 139 Å². The molecule has 1 amide bonds. The molecule has 6 heteroatoms. The molecule has 0 saturated carbocycles. The molecule has 2 unspecified atom stereocenters. The highest BCUT2D eigenvalue weighted by molar-refractivity contribution is 5.67. The second-order valence-corrected chi connectivity index (χ2v) is 5.15. The van der Waals surface area contributed by atoms with Crippen LogP contribution in [-0.2, 0) is 11.3 Å². The molecule has 0 aliphatic heterocycles. The van der Waals surface area contributed by atoms with Crippen LogP contribution in [-0.4, -0.2) is 29.0 Å². The maximum atomic E-state index is 11.6. The Bertz CT molecular complexity index is 712. The zero-order valence-corrected chi connectivity index (χ0v) is 12.9. The van der Waals surface area contributed by atoms with Gasteiger partial charge in [0, 0.05) is 12.1 Å². The Morgan fingerprint density at radius 2 is 1.79 bits per heavy atom. The lowest BCUT2D eigenvalue weighted by Gasteiger charge is -2.19. The molecular weight excluding hydrogens is 308 g/mol. The van der Waals surface area contributed by atoms with Crippen LogP contribution in [0, 0.1) is 11.3 Å². The quantitative estimate of drug-likeness (QED) is 0.752.